The summed E-state index contributed by atoms with van der Waals surface area (Å²) in [6, 6.07) is 7.01. The van der Waals surface area contributed by atoms with Gasteiger partial charge in [0.05, 0.1) is 22.8 Å². The highest BCUT2D eigenvalue weighted by Crippen LogP contribution is 2.47. The Kier molecular flexibility index (Phi) is 7.31. The van der Waals surface area contributed by atoms with Crippen molar-refractivity contribution in [2.75, 3.05) is 6.61 Å². The fraction of sp³-hybridized carbons (Fsp3) is 0.348. The first-order chi connectivity index (χ1) is 15.7. The van der Waals surface area contributed by atoms with Crippen molar-refractivity contribution in [2.45, 2.75) is 36.2 Å². The summed E-state index contributed by atoms with van der Waals surface area (Å²) >= 11 is 13.6. The minimum Gasteiger partial charge on any atom is -0.448 e. The summed E-state index contributed by atoms with van der Waals surface area (Å²) in [4.78, 5) is 5.29. The molecule has 1 saturated heterocycles. The third-order valence-corrected chi connectivity index (χ3v) is 7.91. The van der Waals surface area contributed by atoms with Gasteiger partial charge in [-0.2, -0.15) is 0 Å². The highest BCUT2D eigenvalue weighted by atomic mass is 35.5. The van der Waals surface area contributed by atoms with Crippen LogP contribution in [0.3, 0.4) is 0 Å². The topological polar surface area (TPSA) is 55.5 Å². The van der Waals surface area contributed by atoms with Crippen LogP contribution in [-0.4, -0.2) is 28.2 Å². The van der Waals surface area contributed by atoms with Crippen LogP contribution in [0, 0.1) is 29.3 Å². The monoisotopic (exact) mass is 517 g/mol. The van der Waals surface area contributed by atoms with Gasteiger partial charge in [0.15, 0.2) is 23.3 Å². The number of thioether (sulfide) groups is 1. The Balaban J connectivity index is 1.63. The molecule has 5 atom stereocenters. The lowest BCUT2D eigenvalue weighted by Crippen LogP contribution is -2.44. The van der Waals surface area contributed by atoms with E-state index in [1.807, 2.05) is 19.9 Å². The first-order valence-electron chi connectivity index (χ1n) is 10.2. The van der Waals surface area contributed by atoms with Crippen LogP contribution in [0.25, 0.3) is 11.3 Å². The number of nitrogens with zero attached hydrogens (tertiary/aromatic N) is 1. The lowest BCUT2D eigenvalue weighted by molar-refractivity contribution is -0.102. The van der Waals surface area contributed by atoms with Crippen LogP contribution in [0.15, 0.2) is 45.9 Å². The fourth-order valence-electron chi connectivity index (χ4n) is 4.05. The van der Waals surface area contributed by atoms with E-state index in [4.69, 9.17) is 32.4 Å². The molecule has 2 heterocycles. The van der Waals surface area contributed by atoms with Crippen molar-refractivity contribution < 1.29 is 27.4 Å². The Morgan fingerprint density at radius 2 is 1.73 bits per heavy atom. The van der Waals surface area contributed by atoms with Crippen LogP contribution in [0.5, 0.6) is 0 Å². The Labute approximate surface area is 203 Å². The molecule has 0 amide bonds. The summed E-state index contributed by atoms with van der Waals surface area (Å²) in [5.41, 5.74) is -0.117. The molecule has 1 fully saturated rings. The molecule has 1 aliphatic heterocycles. The van der Waals surface area contributed by atoms with E-state index >= 15 is 0 Å². The largest absolute Gasteiger partial charge is 0.448 e. The Hall–Kier alpha value is -1.71. The SMILES string of the molecule is CC1[C@@H](Sc2ccc(Cl)c(Cl)c2)OC(CO)[C@H](C)[C@@H]1c1nc(-c2cc(F)c(F)c(F)c2)co1. The third kappa shape index (κ3) is 4.91. The van der Waals surface area contributed by atoms with Gasteiger partial charge in [-0.25, -0.2) is 18.2 Å². The van der Waals surface area contributed by atoms with E-state index in [0.29, 0.717) is 15.9 Å². The molecule has 0 saturated carbocycles. The van der Waals surface area contributed by atoms with Crippen molar-refractivity contribution in [3.8, 4) is 11.3 Å². The summed E-state index contributed by atoms with van der Waals surface area (Å²) in [5, 5.41) is 10.8. The van der Waals surface area contributed by atoms with Crippen LogP contribution in [0.2, 0.25) is 10.0 Å². The number of ether oxygens (including phenoxy) is 1. The Bertz CT molecular complexity index is 1140. The van der Waals surface area contributed by atoms with Gasteiger partial charge >= 0.3 is 0 Å². The number of rotatable bonds is 5. The van der Waals surface area contributed by atoms with E-state index in [1.165, 1.54) is 18.0 Å². The molecule has 1 aromatic heterocycles. The number of oxazole rings is 1. The molecule has 0 aliphatic carbocycles. The zero-order valence-corrected chi connectivity index (χ0v) is 19.9. The summed E-state index contributed by atoms with van der Waals surface area (Å²) in [5.74, 6) is -4.35. The normalized spacial score (nSPS) is 25.4. The smallest absolute Gasteiger partial charge is 0.198 e. The van der Waals surface area contributed by atoms with E-state index < -0.39 is 23.6 Å². The molecule has 176 valence electrons. The molecule has 4 rings (SSSR count). The number of hydrogen-bond donors (Lipinski definition) is 1. The standard InChI is InChI=1S/C23H20Cl2F3NO3S/c1-10-19(8-30)32-23(33-13-3-4-14(24)15(25)7-13)11(2)20(10)22-29-18(9-31-22)12-5-16(26)21(28)17(27)6-12/h3-7,9-11,19-20,23,30H,8H2,1-2H3/t10-,11?,19?,20-,23+/m0/s1. The van der Waals surface area contributed by atoms with E-state index in [2.05, 4.69) is 4.98 Å². The van der Waals surface area contributed by atoms with Crippen molar-refractivity contribution in [1.82, 2.24) is 4.98 Å². The summed E-state index contributed by atoms with van der Waals surface area (Å²) in [7, 11) is 0. The maximum Gasteiger partial charge on any atom is 0.198 e. The number of benzene rings is 2. The second-order valence-corrected chi connectivity index (χ2v) is 9.97. The molecule has 3 aromatic rings. The van der Waals surface area contributed by atoms with Crippen LogP contribution in [0.4, 0.5) is 13.2 Å². The molecule has 2 aromatic carbocycles. The number of halogens is 5. The van der Waals surface area contributed by atoms with E-state index in [1.54, 1.807) is 12.1 Å². The minimum absolute atomic E-state index is 0.0641. The molecule has 33 heavy (non-hydrogen) atoms. The van der Waals surface area contributed by atoms with Gasteiger partial charge in [-0.15, -0.1) is 0 Å². The third-order valence-electron chi connectivity index (χ3n) is 5.87. The Morgan fingerprint density at radius 3 is 2.36 bits per heavy atom. The quantitative estimate of drug-likeness (QED) is 0.371. The molecular formula is C23H20Cl2F3NO3S. The van der Waals surface area contributed by atoms with Gasteiger partial charge in [-0.05, 0) is 36.2 Å². The van der Waals surface area contributed by atoms with Gasteiger partial charge in [0, 0.05) is 22.3 Å². The zero-order chi connectivity index (χ0) is 23.9. The van der Waals surface area contributed by atoms with Crippen LogP contribution >= 0.6 is 35.0 Å². The number of hydrogen-bond acceptors (Lipinski definition) is 5. The summed E-state index contributed by atoms with van der Waals surface area (Å²) in [6.07, 6.45) is 0.799. The van der Waals surface area contributed by atoms with Crippen molar-refractivity contribution in [1.29, 1.82) is 0 Å². The highest BCUT2D eigenvalue weighted by molar-refractivity contribution is 7.99. The predicted molar refractivity (Wildman–Crippen MR) is 121 cm³/mol. The van der Waals surface area contributed by atoms with Gasteiger partial charge in [0.2, 0.25) is 0 Å². The van der Waals surface area contributed by atoms with Gasteiger partial charge in [0.1, 0.15) is 17.4 Å². The van der Waals surface area contributed by atoms with Crippen molar-refractivity contribution in [3.05, 3.63) is 70.0 Å². The number of aliphatic hydroxyl groups excluding tert-OH is 1. The second-order valence-electron chi connectivity index (χ2n) is 7.99. The number of aromatic nitrogens is 1. The van der Waals surface area contributed by atoms with Gasteiger partial charge in [-0.3, -0.25) is 0 Å². The van der Waals surface area contributed by atoms with E-state index in [-0.39, 0.29) is 41.1 Å². The molecule has 10 heteroatoms. The molecule has 1 N–H and O–H groups in total. The average Bonchev–Trinajstić information content (AvgIpc) is 3.26. The average molecular weight is 518 g/mol. The lowest BCUT2D eigenvalue weighted by atomic mass is 9.78. The van der Waals surface area contributed by atoms with Gasteiger partial charge < -0.3 is 14.3 Å². The Morgan fingerprint density at radius 1 is 1.03 bits per heavy atom. The fourth-order valence-corrected chi connectivity index (χ4v) is 5.60. The second kappa shape index (κ2) is 9.88. The van der Waals surface area contributed by atoms with Crippen LogP contribution < -0.4 is 0 Å². The molecular weight excluding hydrogens is 498 g/mol. The van der Waals surface area contributed by atoms with E-state index in [9.17, 15) is 18.3 Å². The summed E-state index contributed by atoms with van der Waals surface area (Å²) < 4.78 is 52.5. The molecule has 4 nitrogen and oxygen atoms in total. The summed E-state index contributed by atoms with van der Waals surface area (Å²) in [6.45, 7) is 3.69. The predicted octanol–water partition coefficient (Wildman–Crippen LogP) is 6.93. The molecule has 0 bridgehead atoms. The van der Waals surface area contributed by atoms with Gasteiger partial charge in [-0.1, -0.05) is 48.8 Å². The highest BCUT2D eigenvalue weighted by Gasteiger charge is 2.44. The first kappa shape index (κ1) is 24.4. The van der Waals surface area contributed by atoms with Crippen LogP contribution in [0.1, 0.15) is 25.7 Å². The lowest BCUT2D eigenvalue weighted by Gasteiger charge is -2.42. The first-order valence-corrected chi connectivity index (χ1v) is 11.8. The van der Waals surface area contributed by atoms with Crippen molar-refractivity contribution in [2.24, 2.45) is 11.8 Å². The maximum atomic E-state index is 13.7. The molecule has 0 spiro atoms. The van der Waals surface area contributed by atoms with Crippen molar-refractivity contribution in [3.63, 3.8) is 0 Å². The van der Waals surface area contributed by atoms with Crippen LogP contribution in [-0.2, 0) is 4.74 Å². The van der Waals surface area contributed by atoms with Gasteiger partial charge in [0.25, 0.3) is 0 Å². The maximum absolute atomic E-state index is 13.7. The molecule has 2 unspecified atom stereocenters. The van der Waals surface area contributed by atoms with Crippen molar-refractivity contribution >= 4 is 35.0 Å². The zero-order valence-electron chi connectivity index (χ0n) is 17.6. The number of aliphatic hydroxyl groups is 1. The molecule has 1 aliphatic rings. The minimum atomic E-state index is -1.54. The molecule has 0 radical (unpaired) electrons. The van der Waals surface area contributed by atoms with E-state index in [0.717, 1.165) is 17.0 Å².